The molecule has 0 saturated carbocycles. The SMILES string of the molecule is O=C1CN(C(=O)CCC(=O)c2ccc3c(c2)OCCO3)CCN1. The Morgan fingerprint density at radius 3 is 2.70 bits per heavy atom. The molecule has 2 aliphatic rings. The first-order valence-electron chi connectivity index (χ1n) is 7.61. The summed E-state index contributed by atoms with van der Waals surface area (Å²) < 4.78 is 10.9. The van der Waals surface area contributed by atoms with E-state index in [1.807, 2.05) is 0 Å². The van der Waals surface area contributed by atoms with Crippen LogP contribution in [0.15, 0.2) is 18.2 Å². The van der Waals surface area contributed by atoms with Crippen molar-refractivity contribution in [2.45, 2.75) is 12.8 Å². The van der Waals surface area contributed by atoms with E-state index in [0.717, 1.165) is 0 Å². The Labute approximate surface area is 133 Å². The van der Waals surface area contributed by atoms with Crippen LogP contribution in [-0.2, 0) is 9.59 Å². The van der Waals surface area contributed by atoms with Gasteiger partial charge in [-0.05, 0) is 18.2 Å². The number of Topliss-reactive ketones (excluding diaryl/α,β-unsaturated/α-hetero) is 1. The number of carbonyl (C=O) groups excluding carboxylic acids is 3. The summed E-state index contributed by atoms with van der Waals surface area (Å²) in [6.07, 6.45) is 0.206. The fraction of sp³-hybridized carbons (Fsp3) is 0.438. The zero-order chi connectivity index (χ0) is 16.2. The van der Waals surface area contributed by atoms with Crippen molar-refractivity contribution in [2.75, 3.05) is 32.8 Å². The molecule has 2 heterocycles. The van der Waals surface area contributed by atoms with E-state index >= 15 is 0 Å². The van der Waals surface area contributed by atoms with Crippen molar-refractivity contribution < 1.29 is 23.9 Å². The Hall–Kier alpha value is -2.57. The Morgan fingerprint density at radius 2 is 1.91 bits per heavy atom. The van der Waals surface area contributed by atoms with Gasteiger partial charge in [0.1, 0.15) is 13.2 Å². The zero-order valence-corrected chi connectivity index (χ0v) is 12.7. The quantitative estimate of drug-likeness (QED) is 0.811. The fourth-order valence-corrected chi connectivity index (χ4v) is 2.59. The van der Waals surface area contributed by atoms with Crippen LogP contribution >= 0.6 is 0 Å². The lowest BCUT2D eigenvalue weighted by atomic mass is 10.1. The summed E-state index contributed by atoms with van der Waals surface area (Å²) in [6, 6.07) is 5.03. The Morgan fingerprint density at radius 1 is 1.13 bits per heavy atom. The molecule has 122 valence electrons. The van der Waals surface area contributed by atoms with Crippen molar-refractivity contribution in [3.63, 3.8) is 0 Å². The number of amides is 2. The van der Waals surface area contributed by atoms with Gasteiger partial charge in [0.15, 0.2) is 17.3 Å². The molecule has 0 bridgehead atoms. The van der Waals surface area contributed by atoms with Gasteiger partial charge in [-0.1, -0.05) is 0 Å². The number of ether oxygens (including phenoxy) is 2. The second kappa shape index (κ2) is 6.68. The number of benzene rings is 1. The minimum Gasteiger partial charge on any atom is -0.486 e. The highest BCUT2D eigenvalue weighted by Gasteiger charge is 2.22. The number of piperazine rings is 1. The average molecular weight is 318 g/mol. The number of hydrogen-bond acceptors (Lipinski definition) is 5. The molecule has 3 rings (SSSR count). The van der Waals surface area contributed by atoms with Crippen LogP contribution in [0.5, 0.6) is 11.5 Å². The van der Waals surface area contributed by atoms with Gasteiger partial charge in [-0.3, -0.25) is 14.4 Å². The molecule has 1 aromatic carbocycles. The van der Waals surface area contributed by atoms with Gasteiger partial charge in [0.05, 0.1) is 6.54 Å². The second-order valence-electron chi connectivity index (χ2n) is 5.45. The summed E-state index contributed by atoms with van der Waals surface area (Å²) in [5.41, 5.74) is 0.499. The van der Waals surface area contributed by atoms with E-state index in [2.05, 4.69) is 5.32 Å². The van der Waals surface area contributed by atoms with Gasteiger partial charge in [0, 0.05) is 31.5 Å². The van der Waals surface area contributed by atoms with Gasteiger partial charge < -0.3 is 19.7 Å². The number of carbonyl (C=O) groups is 3. The maximum Gasteiger partial charge on any atom is 0.239 e. The van der Waals surface area contributed by atoms with Crippen molar-refractivity contribution >= 4 is 17.6 Å². The molecule has 2 amide bonds. The van der Waals surface area contributed by atoms with E-state index in [4.69, 9.17) is 9.47 Å². The predicted octanol–water partition coefficient (Wildman–Crippen LogP) is 0.379. The standard InChI is InChI=1S/C16H18N2O5/c19-12(2-4-16(21)18-6-5-17-15(20)10-18)11-1-3-13-14(9-11)23-8-7-22-13/h1,3,9H,2,4-8,10H2,(H,17,20). The Bertz CT molecular complexity index is 643. The maximum atomic E-state index is 12.2. The van der Waals surface area contributed by atoms with Crippen molar-refractivity contribution in [2.24, 2.45) is 0 Å². The van der Waals surface area contributed by atoms with Crippen molar-refractivity contribution in [1.29, 1.82) is 0 Å². The van der Waals surface area contributed by atoms with Gasteiger partial charge in [-0.2, -0.15) is 0 Å². The van der Waals surface area contributed by atoms with E-state index in [1.165, 1.54) is 4.90 Å². The third-order valence-corrected chi connectivity index (χ3v) is 3.82. The smallest absolute Gasteiger partial charge is 0.239 e. The minimum atomic E-state index is -0.175. The number of ketones is 1. The average Bonchev–Trinajstić information content (AvgIpc) is 2.59. The van der Waals surface area contributed by atoms with E-state index < -0.39 is 0 Å². The summed E-state index contributed by atoms with van der Waals surface area (Å²) in [6.45, 7) is 1.97. The molecule has 1 saturated heterocycles. The molecule has 0 radical (unpaired) electrons. The molecule has 0 aliphatic carbocycles. The third kappa shape index (κ3) is 3.61. The molecule has 0 unspecified atom stereocenters. The van der Waals surface area contributed by atoms with Crippen LogP contribution in [0, 0.1) is 0 Å². The molecule has 1 aromatic rings. The molecule has 23 heavy (non-hydrogen) atoms. The lowest BCUT2D eigenvalue weighted by molar-refractivity contribution is -0.138. The summed E-state index contributed by atoms with van der Waals surface area (Å²) in [5, 5.41) is 2.66. The van der Waals surface area contributed by atoms with Crippen LogP contribution in [0.25, 0.3) is 0 Å². The predicted molar refractivity (Wildman–Crippen MR) is 80.6 cm³/mol. The van der Waals surface area contributed by atoms with Gasteiger partial charge >= 0.3 is 0 Å². The molecule has 0 spiro atoms. The number of fused-ring (bicyclic) bond motifs is 1. The Balaban J connectivity index is 1.56. The molecule has 1 N–H and O–H groups in total. The van der Waals surface area contributed by atoms with Crippen molar-refractivity contribution in [3.05, 3.63) is 23.8 Å². The zero-order valence-electron chi connectivity index (χ0n) is 12.7. The molecule has 2 aliphatic heterocycles. The largest absolute Gasteiger partial charge is 0.486 e. The number of nitrogens with zero attached hydrogens (tertiary/aromatic N) is 1. The second-order valence-corrected chi connectivity index (χ2v) is 5.45. The van der Waals surface area contributed by atoms with Gasteiger partial charge in [-0.25, -0.2) is 0 Å². The highest BCUT2D eigenvalue weighted by atomic mass is 16.6. The van der Waals surface area contributed by atoms with Gasteiger partial charge in [-0.15, -0.1) is 0 Å². The third-order valence-electron chi connectivity index (χ3n) is 3.82. The first-order chi connectivity index (χ1) is 11.1. The molecule has 1 fully saturated rings. The molecule has 0 atom stereocenters. The normalized spacial score (nSPS) is 16.7. The highest BCUT2D eigenvalue weighted by molar-refractivity contribution is 5.98. The van der Waals surface area contributed by atoms with Crippen LogP contribution in [-0.4, -0.2) is 55.3 Å². The minimum absolute atomic E-state index is 0.0665. The van der Waals surface area contributed by atoms with E-state index in [0.29, 0.717) is 43.4 Å². The summed E-state index contributed by atoms with van der Waals surface area (Å²) >= 11 is 0. The van der Waals surface area contributed by atoms with Crippen LogP contribution in [0.2, 0.25) is 0 Å². The van der Waals surface area contributed by atoms with Crippen molar-refractivity contribution in [3.8, 4) is 11.5 Å². The molecule has 7 heteroatoms. The summed E-state index contributed by atoms with van der Waals surface area (Å²) in [4.78, 5) is 37.1. The Kier molecular flexibility index (Phi) is 4.45. The van der Waals surface area contributed by atoms with Crippen LogP contribution in [0.3, 0.4) is 0 Å². The van der Waals surface area contributed by atoms with Gasteiger partial charge in [0.2, 0.25) is 11.8 Å². The lowest BCUT2D eigenvalue weighted by Crippen LogP contribution is -2.50. The number of nitrogens with one attached hydrogen (secondary N) is 1. The van der Waals surface area contributed by atoms with E-state index in [-0.39, 0.29) is 37.0 Å². The van der Waals surface area contributed by atoms with Crippen LogP contribution < -0.4 is 14.8 Å². The number of hydrogen-bond donors (Lipinski definition) is 1. The highest BCUT2D eigenvalue weighted by Crippen LogP contribution is 2.31. The fourth-order valence-electron chi connectivity index (χ4n) is 2.59. The topological polar surface area (TPSA) is 84.9 Å². The number of rotatable bonds is 4. The maximum absolute atomic E-state index is 12.2. The molecule has 0 aromatic heterocycles. The van der Waals surface area contributed by atoms with E-state index in [1.54, 1.807) is 18.2 Å². The lowest BCUT2D eigenvalue weighted by Gasteiger charge is -2.26. The first kappa shape index (κ1) is 15.3. The summed E-state index contributed by atoms with van der Waals surface area (Å²) in [5.74, 6) is 0.717. The monoisotopic (exact) mass is 318 g/mol. The summed E-state index contributed by atoms with van der Waals surface area (Å²) in [7, 11) is 0. The molecule has 7 nitrogen and oxygen atoms in total. The van der Waals surface area contributed by atoms with E-state index in [9.17, 15) is 14.4 Å². The molecular weight excluding hydrogens is 300 g/mol. The first-order valence-corrected chi connectivity index (χ1v) is 7.61. The molecular formula is C16H18N2O5. The van der Waals surface area contributed by atoms with Crippen LogP contribution in [0.4, 0.5) is 0 Å². The van der Waals surface area contributed by atoms with Crippen LogP contribution in [0.1, 0.15) is 23.2 Å². The van der Waals surface area contributed by atoms with Gasteiger partial charge in [0.25, 0.3) is 0 Å². The van der Waals surface area contributed by atoms with Crippen molar-refractivity contribution in [1.82, 2.24) is 10.2 Å².